The van der Waals surface area contributed by atoms with Crippen LogP contribution in [0.3, 0.4) is 0 Å². The van der Waals surface area contributed by atoms with Crippen LogP contribution < -0.4 is 10.1 Å². The van der Waals surface area contributed by atoms with E-state index < -0.39 is 6.10 Å². The van der Waals surface area contributed by atoms with Gasteiger partial charge in [-0.15, -0.1) is 0 Å². The van der Waals surface area contributed by atoms with Crippen LogP contribution in [0, 0.1) is 0 Å². The molecule has 5 heteroatoms. The van der Waals surface area contributed by atoms with Crippen LogP contribution in [0.1, 0.15) is 31.2 Å². The number of benzene rings is 1. The smallest absolute Gasteiger partial charge is 0.226 e. The van der Waals surface area contributed by atoms with Crippen LogP contribution in [0.2, 0.25) is 0 Å². The van der Waals surface area contributed by atoms with Crippen LogP contribution in [-0.2, 0) is 11.2 Å². The van der Waals surface area contributed by atoms with Crippen molar-refractivity contribution in [2.75, 3.05) is 6.54 Å². The van der Waals surface area contributed by atoms with Crippen molar-refractivity contribution in [1.29, 1.82) is 0 Å². The minimum atomic E-state index is -0.735. The Bertz CT molecular complexity index is 576. The average molecular weight is 302 g/mol. The Hall–Kier alpha value is -2.27. The van der Waals surface area contributed by atoms with Crippen LogP contribution in [0.5, 0.6) is 5.75 Å². The average Bonchev–Trinajstić information content (AvgIpc) is 2.98. The molecule has 2 aromatic rings. The molecule has 1 unspecified atom stereocenters. The van der Waals surface area contributed by atoms with Gasteiger partial charge < -0.3 is 20.1 Å². The van der Waals surface area contributed by atoms with Gasteiger partial charge in [-0.05, 0) is 43.7 Å². The van der Waals surface area contributed by atoms with Crippen molar-refractivity contribution < 1.29 is 14.6 Å². The summed E-state index contributed by atoms with van der Waals surface area (Å²) in [6, 6.07) is 10.9. The lowest BCUT2D eigenvalue weighted by Crippen LogP contribution is -2.29. The molecule has 1 amide bonds. The molecule has 0 spiro atoms. The van der Waals surface area contributed by atoms with E-state index in [1.165, 1.54) is 0 Å². The van der Waals surface area contributed by atoms with Gasteiger partial charge >= 0.3 is 0 Å². The molecule has 22 heavy (non-hydrogen) atoms. The van der Waals surface area contributed by atoms with Crippen molar-refractivity contribution >= 4 is 5.91 Å². The summed E-state index contributed by atoms with van der Waals surface area (Å²) >= 11 is 0. The second kappa shape index (κ2) is 7.66. The number of ether oxygens (including phenoxy) is 1. The third-order valence-electron chi connectivity index (χ3n) is 3.14. The minimum Gasteiger partial charge on any atom is -0.491 e. The van der Waals surface area contributed by atoms with E-state index in [9.17, 15) is 9.90 Å². The molecule has 0 aliphatic rings. The van der Waals surface area contributed by atoms with Gasteiger partial charge in [0.25, 0.3) is 0 Å². The summed E-state index contributed by atoms with van der Waals surface area (Å²) in [5.74, 6) is 0.642. The minimum absolute atomic E-state index is 0.114. The normalized spacial score (nSPS) is 12.2. The molecule has 0 fully saturated rings. The molecule has 2 rings (SSSR count). The predicted octanol–water partition coefficient (Wildman–Crippen LogP) is 2.19. The van der Waals surface area contributed by atoms with E-state index in [0.717, 1.165) is 17.0 Å². The molecule has 1 atom stereocenters. The summed E-state index contributed by atoms with van der Waals surface area (Å²) in [6.45, 7) is 4.11. The largest absolute Gasteiger partial charge is 0.491 e. The van der Waals surface area contributed by atoms with Crippen LogP contribution in [0.4, 0.5) is 0 Å². The van der Waals surface area contributed by atoms with Crippen molar-refractivity contribution in [3.05, 3.63) is 53.9 Å². The summed E-state index contributed by atoms with van der Waals surface area (Å²) in [5.41, 5.74) is 1.60. The lowest BCUT2D eigenvalue weighted by Gasteiger charge is -2.14. The van der Waals surface area contributed by atoms with E-state index in [2.05, 4.69) is 10.3 Å². The number of rotatable bonds is 7. The molecular weight excluding hydrogens is 280 g/mol. The van der Waals surface area contributed by atoms with Crippen molar-refractivity contribution in [2.45, 2.75) is 32.5 Å². The van der Waals surface area contributed by atoms with E-state index in [0.29, 0.717) is 0 Å². The second-order valence-corrected chi connectivity index (χ2v) is 5.43. The monoisotopic (exact) mass is 302 g/mol. The van der Waals surface area contributed by atoms with Gasteiger partial charge in [-0.25, -0.2) is 0 Å². The number of hydrogen-bond acceptors (Lipinski definition) is 3. The van der Waals surface area contributed by atoms with E-state index in [1.807, 2.05) is 38.1 Å². The van der Waals surface area contributed by atoms with Gasteiger partial charge in [-0.1, -0.05) is 12.1 Å². The Morgan fingerprint density at radius 1 is 1.27 bits per heavy atom. The molecule has 118 valence electrons. The first-order valence-corrected chi connectivity index (χ1v) is 7.38. The molecule has 0 saturated carbocycles. The Kier molecular flexibility index (Phi) is 5.61. The molecule has 0 aliphatic heterocycles. The first-order chi connectivity index (χ1) is 10.5. The summed E-state index contributed by atoms with van der Waals surface area (Å²) < 4.78 is 5.55. The fourth-order valence-electron chi connectivity index (χ4n) is 2.08. The quantitative estimate of drug-likeness (QED) is 0.734. The highest BCUT2D eigenvalue weighted by Gasteiger charge is 2.10. The van der Waals surface area contributed by atoms with Crippen molar-refractivity contribution in [3.8, 4) is 5.75 Å². The van der Waals surface area contributed by atoms with Gasteiger partial charge in [-0.3, -0.25) is 4.79 Å². The molecule has 0 saturated heterocycles. The van der Waals surface area contributed by atoms with Crippen molar-refractivity contribution in [1.82, 2.24) is 10.3 Å². The summed E-state index contributed by atoms with van der Waals surface area (Å²) in [6.07, 6.45) is 1.43. The number of amides is 1. The number of H-pyrrole nitrogens is 1. The highest BCUT2D eigenvalue weighted by Crippen LogP contribution is 2.18. The first-order valence-electron chi connectivity index (χ1n) is 7.38. The number of carbonyl (C=O) groups is 1. The molecule has 1 aromatic heterocycles. The van der Waals surface area contributed by atoms with E-state index >= 15 is 0 Å². The molecule has 0 radical (unpaired) electrons. The maximum Gasteiger partial charge on any atom is 0.226 e. The molecule has 0 aliphatic carbocycles. The van der Waals surface area contributed by atoms with Gasteiger partial charge in [0.05, 0.1) is 18.6 Å². The summed E-state index contributed by atoms with van der Waals surface area (Å²) in [4.78, 5) is 14.7. The Morgan fingerprint density at radius 3 is 2.59 bits per heavy atom. The van der Waals surface area contributed by atoms with E-state index in [4.69, 9.17) is 4.74 Å². The topological polar surface area (TPSA) is 74.3 Å². The number of aliphatic hydroxyl groups is 1. The van der Waals surface area contributed by atoms with Gasteiger partial charge in [0.1, 0.15) is 5.75 Å². The lowest BCUT2D eigenvalue weighted by atomic mass is 10.1. The third-order valence-corrected chi connectivity index (χ3v) is 3.14. The Labute approximate surface area is 130 Å². The predicted molar refractivity (Wildman–Crippen MR) is 84.7 cm³/mol. The number of nitrogens with one attached hydrogen (secondary N) is 2. The highest BCUT2D eigenvalue weighted by molar-refractivity contribution is 5.78. The maximum absolute atomic E-state index is 11.8. The van der Waals surface area contributed by atoms with Crippen LogP contribution in [0.25, 0.3) is 0 Å². The zero-order chi connectivity index (χ0) is 15.9. The van der Waals surface area contributed by atoms with Gasteiger partial charge in [0.2, 0.25) is 5.91 Å². The SMILES string of the molecule is CC(C)Oc1ccc(C(O)CNC(=O)Cc2ccc[nH]2)cc1. The fourth-order valence-corrected chi connectivity index (χ4v) is 2.08. The van der Waals surface area contributed by atoms with Gasteiger partial charge in [0.15, 0.2) is 0 Å². The molecule has 0 bridgehead atoms. The van der Waals surface area contributed by atoms with Crippen molar-refractivity contribution in [3.63, 3.8) is 0 Å². The van der Waals surface area contributed by atoms with E-state index in [-0.39, 0.29) is 25.0 Å². The molecule has 5 nitrogen and oxygen atoms in total. The van der Waals surface area contributed by atoms with Gasteiger partial charge in [-0.2, -0.15) is 0 Å². The zero-order valence-electron chi connectivity index (χ0n) is 12.9. The Morgan fingerprint density at radius 2 is 2.00 bits per heavy atom. The summed E-state index contributed by atoms with van der Waals surface area (Å²) in [7, 11) is 0. The lowest BCUT2D eigenvalue weighted by molar-refractivity contribution is -0.120. The second-order valence-electron chi connectivity index (χ2n) is 5.43. The molecule has 1 heterocycles. The van der Waals surface area contributed by atoms with E-state index in [1.54, 1.807) is 18.3 Å². The zero-order valence-corrected chi connectivity index (χ0v) is 12.9. The third kappa shape index (κ3) is 4.93. The number of hydrogen-bond donors (Lipinski definition) is 3. The number of aliphatic hydroxyl groups excluding tert-OH is 1. The maximum atomic E-state index is 11.8. The first kappa shape index (κ1) is 16.1. The summed E-state index contributed by atoms with van der Waals surface area (Å²) in [5, 5.41) is 12.8. The highest BCUT2D eigenvalue weighted by atomic mass is 16.5. The van der Waals surface area contributed by atoms with Crippen LogP contribution >= 0.6 is 0 Å². The number of aromatic nitrogens is 1. The van der Waals surface area contributed by atoms with Crippen LogP contribution in [0.15, 0.2) is 42.6 Å². The van der Waals surface area contributed by atoms with Gasteiger partial charge in [0, 0.05) is 18.4 Å². The Balaban J connectivity index is 1.81. The standard InChI is InChI=1S/C17H22N2O3/c1-12(2)22-15-7-5-13(6-8-15)16(20)11-19-17(21)10-14-4-3-9-18-14/h3-9,12,16,18,20H,10-11H2,1-2H3,(H,19,21). The fraction of sp³-hybridized carbons (Fsp3) is 0.353. The molecular formula is C17H22N2O3. The molecule has 1 aromatic carbocycles. The molecule has 3 N–H and O–H groups in total. The number of aromatic amines is 1. The van der Waals surface area contributed by atoms with Crippen LogP contribution in [-0.4, -0.2) is 28.6 Å². The van der Waals surface area contributed by atoms with Crippen molar-refractivity contribution in [2.24, 2.45) is 0 Å². The number of carbonyl (C=O) groups excluding carboxylic acids is 1.